The molecule has 1 heterocycles. The van der Waals surface area contributed by atoms with Gasteiger partial charge in [-0.3, -0.25) is 4.79 Å². The number of unbranched alkanes of at least 4 members (excludes halogenated alkanes) is 1. The minimum absolute atomic E-state index is 0. The van der Waals surface area contributed by atoms with E-state index in [1.54, 1.807) is 0 Å². The first kappa shape index (κ1) is 15.9. The van der Waals surface area contributed by atoms with E-state index < -0.39 is 0 Å². The van der Waals surface area contributed by atoms with Crippen molar-refractivity contribution in [2.75, 3.05) is 19.6 Å². The molecule has 1 rings (SSSR count). The third kappa shape index (κ3) is 6.48. The van der Waals surface area contributed by atoms with Crippen LogP contribution in [0, 0.1) is 5.92 Å². The lowest BCUT2D eigenvalue weighted by molar-refractivity contribution is -0.118. The summed E-state index contributed by atoms with van der Waals surface area (Å²) < 4.78 is 0. The van der Waals surface area contributed by atoms with Crippen LogP contribution in [0.2, 0.25) is 0 Å². The summed E-state index contributed by atoms with van der Waals surface area (Å²) in [6, 6.07) is 0. The maximum absolute atomic E-state index is 10.7. The highest BCUT2D eigenvalue weighted by molar-refractivity contribution is 8.93. The smallest absolute Gasteiger partial charge is 0.217 e. The predicted octanol–water partition coefficient (Wildman–Crippen LogP) is 2.34. The number of amides is 1. The number of nitrogens with two attached hydrogens (primary N) is 1. The molecule has 0 aromatic carbocycles. The van der Waals surface area contributed by atoms with Gasteiger partial charge in [0.15, 0.2) is 0 Å². The molecule has 1 aliphatic heterocycles. The fraction of sp³-hybridized carbons (Fsp3) is 0.917. The molecule has 0 atom stereocenters. The number of halogens is 1. The van der Waals surface area contributed by atoms with Gasteiger partial charge in [-0.15, -0.1) is 17.0 Å². The highest BCUT2D eigenvalue weighted by atomic mass is 79.9. The maximum Gasteiger partial charge on any atom is 0.217 e. The normalized spacial score (nSPS) is 18.1. The number of rotatable bonds is 6. The van der Waals surface area contributed by atoms with Gasteiger partial charge in [-0.25, -0.2) is 0 Å². The molecular weight excluding hydrogens is 268 g/mol. The van der Waals surface area contributed by atoms with Crippen molar-refractivity contribution in [1.82, 2.24) is 4.90 Å². The zero-order chi connectivity index (χ0) is 11.1. The van der Waals surface area contributed by atoms with Gasteiger partial charge in [0.2, 0.25) is 5.91 Å². The standard InChI is InChI=1S/C12H24N2O.BrH/c1-2-3-8-14-9-6-11(7-10-14)4-5-12(13)15;/h11H,2-10H2,1H3,(H2,13,15);1H. The molecular formula is C12H25BrN2O. The summed E-state index contributed by atoms with van der Waals surface area (Å²) in [4.78, 5) is 13.2. The third-order valence-electron chi connectivity index (χ3n) is 3.33. The molecule has 0 aliphatic carbocycles. The second-order valence-corrected chi connectivity index (χ2v) is 4.64. The number of hydrogen-bond acceptors (Lipinski definition) is 2. The molecule has 96 valence electrons. The summed E-state index contributed by atoms with van der Waals surface area (Å²) in [7, 11) is 0. The van der Waals surface area contributed by atoms with Crippen molar-refractivity contribution in [3.63, 3.8) is 0 Å². The van der Waals surface area contributed by atoms with Gasteiger partial charge < -0.3 is 10.6 Å². The summed E-state index contributed by atoms with van der Waals surface area (Å²) in [5.74, 6) is 0.582. The number of carbonyl (C=O) groups excluding carboxylic acids is 1. The van der Waals surface area contributed by atoms with E-state index in [-0.39, 0.29) is 22.9 Å². The Balaban J connectivity index is 0.00000225. The average Bonchev–Trinajstić information content (AvgIpc) is 2.25. The second-order valence-electron chi connectivity index (χ2n) is 4.64. The molecule has 16 heavy (non-hydrogen) atoms. The second kappa shape index (κ2) is 8.99. The van der Waals surface area contributed by atoms with E-state index in [0.29, 0.717) is 6.42 Å². The Kier molecular flexibility index (Phi) is 8.94. The monoisotopic (exact) mass is 292 g/mol. The lowest BCUT2D eigenvalue weighted by Gasteiger charge is -2.31. The summed E-state index contributed by atoms with van der Waals surface area (Å²) in [5.41, 5.74) is 5.15. The Labute approximate surface area is 110 Å². The van der Waals surface area contributed by atoms with Gasteiger partial charge in [0.05, 0.1) is 0 Å². The van der Waals surface area contributed by atoms with E-state index in [2.05, 4.69) is 11.8 Å². The SMILES string of the molecule is Br.CCCCN1CCC(CCC(N)=O)CC1. The van der Waals surface area contributed by atoms with Gasteiger partial charge in [-0.05, 0) is 51.2 Å². The highest BCUT2D eigenvalue weighted by Crippen LogP contribution is 2.21. The molecule has 1 amide bonds. The van der Waals surface area contributed by atoms with Gasteiger partial charge in [0.1, 0.15) is 0 Å². The number of carbonyl (C=O) groups is 1. The molecule has 0 aromatic rings. The summed E-state index contributed by atoms with van der Waals surface area (Å²) in [6.07, 6.45) is 6.65. The highest BCUT2D eigenvalue weighted by Gasteiger charge is 2.18. The maximum atomic E-state index is 10.7. The van der Waals surface area contributed by atoms with Crippen molar-refractivity contribution in [2.24, 2.45) is 11.7 Å². The van der Waals surface area contributed by atoms with E-state index in [4.69, 9.17) is 5.73 Å². The Morgan fingerprint density at radius 3 is 2.50 bits per heavy atom. The van der Waals surface area contributed by atoms with Crippen LogP contribution in [0.15, 0.2) is 0 Å². The van der Waals surface area contributed by atoms with E-state index in [0.717, 1.165) is 12.3 Å². The first-order valence-corrected chi connectivity index (χ1v) is 6.23. The molecule has 4 heteroatoms. The molecule has 3 nitrogen and oxygen atoms in total. The Bertz CT molecular complexity index is 191. The van der Waals surface area contributed by atoms with Crippen LogP contribution in [0.5, 0.6) is 0 Å². The molecule has 0 aromatic heterocycles. The fourth-order valence-corrected chi connectivity index (χ4v) is 2.23. The molecule has 2 N–H and O–H groups in total. The molecule has 1 fully saturated rings. The summed E-state index contributed by atoms with van der Waals surface area (Å²) >= 11 is 0. The van der Waals surface area contributed by atoms with Crippen molar-refractivity contribution in [3.8, 4) is 0 Å². The Morgan fingerprint density at radius 2 is 2.00 bits per heavy atom. The molecule has 0 spiro atoms. The van der Waals surface area contributed by atoms with Crippen LogP contribution in [-0.2, 0) is 4.79 Å². The molecule has 1 aliphatic rings. The predicted molar refractivity (Wildman–Crippen MR) is 72.8 cm³/mol. The van der Waals surface area contributed by atoms with Crippen molar-refractivity contribution < 1.29 is 4.79 Å². The minimum Gasteiger partial charge on any atom is -0.370 e. The number of nitrogens with zero attached hydrogens (tertiary/aromatic N) is 1. The van der Waals surface area contributed by atoms with Crippen molar-refractivity contribution in [1.29, 1.82) is 0 Å². The zero-order valence-electron chi connectivity index (χ0n) is 10.3. The first-order valence-electron chi connectivity index (χ1n) is 6.23. The first-order chi connectivity index (χ1) is 7.22. The minimum atomic E-state index is -0.150. The van der Waals surface area contributed by atoms with Gasteiger partial charge in [0, 0.05) is 6.42 Å². The van der Waals surface area contributed by atoms with Gasteiger partial charge in [-0.2, -0.15) is 0 Å². The van der Waals surface area contributed by atoms with Crippen LogP contribution in [0.1, 0.15) is 45.4 Å². The van der Waals surface area contributed by atoms with Crippen molar-refractivity contribution in [2.45, 2.75) is 45.4 Å². The van der Waals surface area contributed by atoms with E-state index in [1.165, 1.54) is 45.3 Å². The topological polar surface area (TPSA) is 46.3 Å². The van der Waals surface area contributed by atoms with Gasteiger partial charge in [-0.1, -0.05) is 13.3 Å². The summed E-state index contributed by atoms with van der Waals surface area (Å²) in [6.45, 7) is 5.91. The van der Waals surface area contributed by atoms with Crippen LogP contribution in [0.4, 0.5) is 0 Å². The quantitative estimate of drug-likeness (QED) is 0.817. The number of piperidine rings is 1. The van der Waals surface area contributed by atoms with Gasteiger partial charge in [0.25, 0.3) is 0 Å². The number of hydrogen-bond donors (Lipinski definition) is 1. The third-order valence-corrected chi connectivity index (χ3v) is 3.33. The van der Waals surface area contributed by atoms with Crippen LogP contribution in [-0.4, -0.2) is 30.4 Å². The largest absolute Gasteiger partial charge is 0.370 e. The zero-order valence-corrected chi connectivity index (χ0v) is 12.0. The van der Waals surface area contributed by atoms with Crippen molar-refractivity contribution in [3.05, 3.63) is 0 Å². The van der Waals surface area contributed by atoms with Crippen molar-refractivity contribution >= 4 is 22.9 Å². The molecule has 0 saturated carbocycles. The molecule has 0 radical (unpaired) electrons. The van der Waals surface area contributed by atoms with E-state index in [9.17, 15) is 4.79 Å². The van der Waals surface area contributed by atoms with Crippen LogP contribution in [0.25, 0.3) is 0 Å². The lowest BCUT2D eigenvalue weighted by atomic mass is 9.92. The summed E-state index contributed by atoms with van der Waals surface area (Å²) in [5, 5.41) is 0. The van der Waals surface area contributed by atoms with Crippen LogP contribution >= 0.6 is 17.0 Å². The molecule has 1 saturated heterocycles. The number of likely N-dealkylation sites (tertiary alicyclic amines) is 1. The Hall–Kier alpha value is -0.0900. The Morgan fingerprint density at radius 1 is 1.38 bits per heavy atom. The van der Waals surface area contributed by atoms with Crippen LogP contribution < -0.4 is 5.73 Å². The molecule has 0 bridgehead atoms. The van der Waals surface area contributed by atoms with E-state index in [1.807, 2.05) is 0 Å². The van der Waals surface area contributed by atoms with Gasteiger partial charge >= 0.3 is 0 Å². The fourth-order valence-electron chi connectivity index (χ4n) is 2.23. The lowest BCUT2D eigenvalue weighted by Crippen LogP contribution is -2.34. The molecule has 0 unspecified atom stereocenters. The van der Waals surface area contributed by atoms with E-state index >= 15 is 0 Å². The number of primary amides is 1. The van der Waals surface area contributed by atoms with Crippen LogP contribution in [0.3, 0.4) is 0 Å². The average molecular weight is 293 g/mol.